The van der Waals surface area contributed by atoms with E-state index >= 15 is 0 Å². The molecule has 2 aliphatic heterocycles. The predicted molar refractivity (Wildman–Crippen MR) is 40.0 cm³/mol. The van der Waals surface area contributed by atoms with E-state index in [4.69, 9.17) is 4.74 Å². The van der Waals surface area contributed by atoms with Crippen molar-refractivity contribution in [3.05, 3.63) is 0 Å². The van der Waals surface area contributed by atoms with Gasteiger partial charge in [0, 0.05) is 19.2 Å². The van der Waals surface area contributed by atoms with Gasteiger partial charge in [-0.2, -0.15) is 0 Å². The summed E-state index contributed by atoms with van der Waals surface area (Å²) in [6.07, 6.45) is 3.11. The van der Waals surface area contributed by atoms with Crippen molar-refractivity contribution in [2.45, 2.75) is 31.9 Å². The van der Waals surface area contributed by atoms with Crippen LogP contribution >= 0.6 is 0 Å². The first kappa shape index (κ1) is 6.62. The van der Waals surface area contributed by atoms with E-state index in [0.29, 0.717) is 6.10 Å². The summed E-state index contributed by atoms with van der Waals surface area (Å²) in [4.78, 5) is 2.54. The van der Waals surface area contributed by atoms with Crippen LogP contribution in [-0.4, -0.2) is 36.7 Å². The van der Waals surface area contributed by atoms with Crippen molar-refractivity contribution < 1.29 is 4.74 Å². The van der Waals surface area contributed by atoms with Crippen molar-refractivity contribution in [2.75, 3.05) is 19.7 Å². The molecule has 0 aromatic heterocycles. The molecule has 0 N–H and O–H groups in total. The van der Waals surface area contributed by atoms with Crippen LogP contribution in [0, 0.1) is 0 Å². The minimum absolute atomic E-state index is 0.583. The number of hydrogen-bond donors (Lipinski definition) is 0. The minimum atomic E-state index is 0.583. The van der Waals surface area contributed by atoms with Crippen molar-refractivity contribution in [1.82, 2.24) is 4.90 Å². The van der Waals surface area contributed by atoms with Crippen molar-refractivity contribution >= 4 is 0 Å². The molecule has 0 spiro atoms. The maximum absolute atomic E-state index is 5.57. The van der Waals surface area contributed by atoms with Gasteiger partial charge in [0.25, 0.3) is 0 Å². The zero-order chi connectivity index (χ0) is 6.97. The molecule has 2 nitrogen and oxygen atoms in total. The quantitative estimate of drug-likeness (QED) is 0.537. The third-order valence-corrected chi connectivity index (χ3v) is 2.75. The van der Waals surface area contributed by atoms with Gasteiger partial charge < -0.3 is 4.74 Å². The molecule has 58 valence electrons. The van der Waals surface area contributed by atoms with Gasteiger partial charge in [0.1, 0.15) is 0 Å². The molecule has 2 rings (SSSR count). The van der Waals surface area contributed by atoms with Crippen LogP contribution in [0.3, 0.4) is 0 Å². The highest BCUT2D eigenvalue weighted by Gasteiger charge is 2.37. The molecule has 2 unspecified atom stereocenters. The predicted octanol–water partition coefficient (Wildman–Crippen LogP) is 0.869. The number of hydrogen-bond acceptors (Lipinski definition) is 2. The third kappa shape index (κ3) is 0.867. The molecule has 0 aromatic carbocycles. The maximum atomic E-state index is 5.57. The average molecular weight is 141 g/mol. The van der Waals surface area contributed by atoms with Crippen LogP contribution in [0.25, 0.3) is 0 Å². The van der Waals surface area contributed by atoms with Gasteiger partial charge in [-0.1, -0.05) is 6.92 Å². The summed E-state index contributed by atoms with van der Waals surface area (Å²) in [5, 5.41) is 0. The molecule has 2 saturated heterocycles. The lowest BCUT2D eigenvalue weighted by Gasteiger charge is -2.19. The zero-order valence-electron chi connectivity index (χ0n) is 6.55. The zero-order valence-corrected chi connectivity index (χ0v) is 6.55. The first-order valence-corrected chi connectivity index (χ1v) is 4.27. The Morgan fingerprint density at radius 3 is 3.20 bits per heavy atom. The highest BCUT2D eigenvalue weighted by molar-refractivity contribution is 4.90. The number of likely N-dealkylation sites (N-methyl/N-ethyl adjacent to an activating group) is 1. The second kappa shape index (κ2) is 2.51. The van der Waals surface area contributed by atoms with Crippen LogP contribution in [0.2, 0.25) is 0 Å². The molecule has 10 heavy (non-hydrogen) atoms. The van der Waals surface area contributed by atoms with Gasteiger partial charge in [-0.15, -0.1) is 0 Å². The molecular weight excluding hydrogens is 126 g/mol. The van der Waals surface area contributed by atoms with Crippen LogP contribution in [0.4, 0.5) is 0 Å². The lowest BCUT2D eigenvalue weighted by molar-refractivity contribution is 0.106. The summed E-state index contributed by atoms with van der Waals surface area (Å²) >= 11 is 0. The standard InChI is InChI=1S/C8H15NO/c1-2-9-5-3-8-7(9)4-6-10-8/h7-8H,2-6H2,1H3. The molecule has 0 saturated carbocycles. The van der Waals surface area contributed by atoms with E-state index in [1.807, 2.05) is 0 Å². The van der Waals surface area contributed by atoms with E-state index < -0.39 is 0 Å². The van der Waals surface area contributed by atoms with Gasteiger partial charge in [0.05, 0.1) is 6.10 Å². The van der Waals surface area contributed by atoms with Crippen LogP contribution < -0.4 is 0 Å². The Hall–Kier alpha value is -0.0800. The summed E-state index contributed by atoms with van der Waals surface area (Å²) in [5.41, 5.74) is 0. The van der Waals surface area contributed by atoms with Gasteiger partial charge in [-0.05, 0) is 19.4 Å². The molecule has 0 aliphatic carbocycles. The Kier molecular flexibility index (Phi) is 1.66. The van der Waals surface area contributed by atoms with Gasteiger partial charge in [0.15, 0.2) is 0 Å². The van der Waals surface area contributed by atoms with Crippen molar-refractivity contribution in [3.63, 3.8) is 0 Å². The maximum Gasteiger partial charge on any atom is 0.0743 e. The average Bonchev–Trinajstić information content (AvgIpc) is 2.44. The first-order valence-electron chi connectivity index (χ1n) is 4.27. The summed E-state index contributed by atoms with van der Waals surface area (Å²) in [5.74, 6) is 0. The van der Waals surface area contributed by atoms with Gasteiger partial charge in [0.2, 0.25) is 0 Å². The molecular formula is C8H15NO. The minimum Gasteiger partial charge on any atom is -0.376 e. The molecule has 2 aliphatic rings. The van der Waals surface area contributed by atoms with E-state index in [1.54, 1.807) is 0 Å². The molecule has 0 amide bonds. The SMILES string of the molecule is CCN1CCC2OCCC21. The topological polar surface area (TPSA) is 12.5 Å². The lowest BCUT2D eigenvalue weighted by atomic mass is 10.1. The van der Waals surface area contributed by atoms with Gasteiger partial charge in [-0.3, -0.25) is 4.90 Å². The fraction of sp³-hybridized carbons (Fsp3) is 1.00. The van der Waals surface area contributed by atoms with Crippen molar-refractivity contribution in [2.24, 2.45) is 0 Å². The number of nitrogens with zero attached hydrogens (tertiary/aromatic N) is 1. The fourth-order valence-electron chi connectivity index (χ4n) is 2.18. The number of fused-ring (bicyclic) bond motifs is 1. The van der Waals surface area contributed by atoms with Gasteiger partial charge in [-0.25, -0.2) is 0 Å². The van der Waals surface area contributed by atoms with E-state index in [2.05, 4.69) is 11.8 Å². The summed E-state index contributed by atoms with van der Waals surface area (Å²) < 4.78 is 5.57. The molecule has 0 aromatic rings. The Morgan fingerprint density at radius 1 is 1.50 bits per heavy atom. The molecule has 0 radical (unpaired) electrons. The number of likely N-dealkylation sites (tertiary alicyclic amines) is 1. The van der Waals surface area contributed by atoms with Crippen LogP contribution in [-0.2, 0) is 4.74 Å². The Balaban J connectivity index is 2.01. The highest BCUT2D eigenvalue weighted by atomic mass is 16.5. The molecule has 2 fully saturated rings. The van der Waals surface area contributed by atoms with E-state index in [-0.39, 0.29) is 0 Å². The lowest BCUT2D eigenvalue weighted by Crippen LogP contribution is -2.31. The van der Waals surface area contributed by atoms with Gasteiger partial charge >= 0.3 is 0 Å². The van der Waals surface area contributed by atoms with Crippen molar-refractivity contribution in [3.8, 4) is 0 Å². The van der Waals surface area contributed by atoms with Crippen LogP contribution in [0.5, 0.6) is 0 Å². The Morgan fingerprint density at radius 2 is 2.40 bits per heavy atom. The number of ether oxygens (including phenoxy) is 1. The molecule has 2 atom stereocenters. The number of rotatable bonds is 1. The molecule has 0 bridgehead atoms. The van der Waals surface area contributed by atoms with Crippen LogP contribution in [0.15, 0.2) is 0 Å². The van der Waals surface area contributed by atoms with E-state index in [0.717, 1.165) is 12.6 Å². The molecule has 2 heteroatoms. The first-order chi connectivity index (χ1) is 4.92. The third-order valence-electron chi connectivity index (χ3n) is 2.75. The second-order valence-corrected chi connectivity index (χ2v) is 3.18. The summed E-state index contributed by atoms with van der Waals surface area (Å²) in [7, 11) is 0. The van der Waals surface area contributed by atoms with E-state index in [9.17, 15) is 0 Å². The summed E-state index contributed by atoms with van der Waals surface area (Å²) in [6.45, 7) is 5.68. The highest BCUT2D eigenvalue weighted by Crippen LogP contribution is 2.28. The van der Waals surface area contributed by atoms with E-state index in [1.165, 1.54) is 25.9 Å². The smallest absolute Gasteiger partial charge is 0.0743 e. The Bertz CT molecular complexity index is 126. The fourth-order valence-corrected chi connectivity index (χ4v) is 2.18. The second-order valence-electron chi connectivity index (χ2n) is 3.18. The monoisotopic (exact) mass is 141 g/mol. The normalized spacial score (nSPS) is 40.5. The Labute approximate surface area is 62.2 Å². The van der Waals surface area contributed by atoms with Crippen molar-refractivity contribution in [1.29, 1.82) is 0 Å². The molecule has 2 heterocycles. The van der Waals surface area contributed by atoms with Crippen LogP contribution in [0.1, 0.15) is 19.8 Å². The largest absolute Gasteiger partial charge is 0.376 e. The summed E-state index contributed by atoms with van der Waals surface area (Å²) in [6, 6.07) is 0.769.